The van der Waals surface area contributed by atoms with Gasteiger partial charge in [-0.1, -0.05) is 78.7 Å². The first kappa shape index (κ1) is 34.4. The van der Waals surface area contributed by atoms with Crippen molar-refractivity contribution in [3.8, 4) is 0 Å². The van der Waals surface area contributed by atoms with Gasteiger partial charge in [0.2, 0.25) is 0 Å². The minimum Gasteiger partial charge on any atom is -0.414 e. The quantitative estimate of drug-likeness (QED) is 0.225. The zero-order valence-corrected chi connectivity index (χ0v) is 31.5. The molecular weight excluding hydrogens is 577 g/mol. The number of aliphatic hydroxyl groups excluding tert-OH is 1. The summed E-state index contributed by atoms with van der Waals surface area (Å²) in [7, 11) is -7.61. The molecule has 0 spiro atoms. The Bertz CT molecular complexity index is 1250. The second-order valence-corrected chi connectivity index (χ2v) is 28.8. The predicted octanol–water partition coefficient (Wildman–Crippen LogP) is 8.35. The highest BCUT2D eigenvalue weighted by Gasteiger charge is 2.51. The Morgan fingerprint density at radius 2 is 1.64 bits per heavy atom. The normalized spacial score (nSPS) is 33.9. The van der Waals surface area contributed by atoms with Crippen LogP contribution in [-0.2, 0) is 18.7 Å². The summed E-state index contributed by atoms with van der Waals surface area (Å²) in [4.78, 5) is 0. The van der Waals surface area contributed by atoms with E-state index in [1.54, 1.807) is 0 Å². The Morgan fingerprint density at radius 3 is 2.21 bits per heavy atom. The van der Waals surface area contributed by atoms with Gasteiger partial charge < -0.3 is 14.0 Å². The molecule has 4 unspecified atom stereocenters. The van der Waals surface area contributed by atoms with Crippen molar-refractivity contribution in [3.63, 3.8) is 0 Å². The molecule has 0 amide bonds. The van der Waals surface area contributed by atoms with Crippen LogP contribution >= 0.6 is 0 Å². The molecule has 1 fully saturated rings. The molecule has 1 N–H and O–H groups in total. The number of hydrogen-bond donors (Lipinski definition) is 1. The van der Waals surface area contributed by atoms with E-state index >= 15 is 0 Å². The van der Waals surface area contributed by atoms with Gasteiger partial charge in [-0.25, -0.2) is 8.42 Å². The molecular formula is C34H60O5SSi2. The fraction of sp³-hybridized carbons (Fsp3) is 0.824. The lowest BCUT2D eigenvalue weighted by molar-refractivity contribution is 0.0980. The minimum absolute atomic E-state index is 0.000328. The van der Waals surface area contributed by atoms with E-state index in [1.807, 2.05) is 0 Å². The van der Waals surface area contributed by atoms with Gasteiger partial charge in [0.25, 0.3) is 0 Å². The summed E-state index contributed by atoms with van der Waals surface area (Å²) in [6, 6.07) is 0. The van der Waals surface area contributed by atoms with Crippen LogP contribution in [0.5, 0.6) is 0 Å². The van der Waals surface area contributed by atoms with Crippen molar-refractivity contribution in [1.29, 1.82) is 0 Å². The van der Waals surface area contributed by atoms with Gasteiger partial charge in [0.05, 0.1) is 18.0 Å². The SMILES string of the molecule is C[C@H](CO)C1=CCC2/C(=C/C3C4=C(CS3(=O)=O)C(O[Si](C)(C)C(C)(C)C)CC(O[Si](C)(C)C(C)(C)C)C4)CCC[C@]12C. The molecule has 240 valence electrons. The van der Waals surface area contributed by atoms with Crippen LogP contribution in [0.25, 0.3) is 0 Å². The smallest absolute Gasteiger partial charge is 0.192 e. The maximum atomic E-state index is 14.0. The van der Waals surface area contributed by atoms with Gasteiger partial charge in [-0.2, -0.15) is 0 Å². The largest absolute Gasteiger partial charge is 0.414 e. The van der Waals surface area contributed by atoms with E-state index in [0.717, 1.165) is 43.3 Å². The van der Waals surface area contributed by atoms with Crippen molar-refractivity contribution < 1.29 is 22.4 Å². The maximum absolute atomic E-state index is 14.0. The molecule has 3 aliphatic carbocycles. The number of hydrogen-bond acceptors (Lipinski definition) is 5. The Hall–Kier alpha value is -0.516. The van der Waals surface area contributed by atoms with Gasteiger partial charge in [-0.3, -0.25) is 0 Å². The summed E-state index contributed by atoms with van der Waals surface area (Å²) in [6.45, 7) is 27.3. The number of allylic oxidation sites excluding steroid dienone is 2. The first-order chi connectivity index (χ1) is 19.0. The lowest BCUT2D eigenvalue weighted by Gasteiger charge is -2.45. The minimum atomic E-state index is -3.39. The summed E-state index contributed by atoms with van der Waals surface area (Å²) >= 11 is 0. The second kappa shape index (κ2) is 11.4. The molecule has 1 saturated carbocycles. The molecule has 1 aliphatic heterocycles. The first-order valence-corrected chi connectivity index (χ1v) is 23.9. The summed E-state index contributed by atoms with van der Waals surface area (Å²) in [6.07, 6.45) is 9.74. The summed E-state index contributed by atoms with van der Waals surface area (Å²) in [5, 5.41) is 9.47. The highest BCUT2D eigenvalue weighted by atomic mass is 32.2. The molecule has 0 saturated heterocycles. The van der Waals surface area contributed by atoms with E-state index in [9.17, 15) is 13.5 Å². The van der Waals surface area contributed by atoms with Crippen molar-refractivity contribution in [2.45, 2.75) is 148 Å². The van der Waals surface area contributed by atoms with Crippen LogP contribution < -0.4 is 0 Å². The van der Waals surface area contributed by atoms with E-state index in [0.29, 0.717) is 12.3 Å². The average Bonchev–Trinajstić information content (AvgIpc) is 3.31. The van der Waals surface area contributed by atoms with Gasteiger partial charge >= 0.3 is 0 Å². The standard InChI is InChI=1S/C34H60O5SSi2/c1-23(21-35)28-15-16-29-24(14-13-17-34(28,29)8)18-31-26-19-25(38-41(9,10)32(2,3)4)20-30(27(26)22-40(31,36)37)39-42(11,12)33(5,6)7/h15,18,23,25,29-31,35H,13-14,16-17,19-22H2,1-12H3/b24-18+/t23-,25?,29?,30?,31?,34-/m1/s1. The molecule has 0 aromatic rings. The average molecular weight is 637 g/mol. The van der Waals surface area contributed by atoms with Gasteiger partial charge in [0, 0.05) is 18.9 Å². The molecule has 42 heavy (non-hydrogen) atoms. The molecule has 1 heterocycles. The van der Waals surface area contributed by atoms with Crippen LogP contribution in [0.15, 0.2) is 34.4 Å². The van der Waals surface area contributed by atoms with Crippen LogP contribution in [0.4, 0.5) is 0 Å². The zero-order chi connectivity index (χ0) is 31.7. The number of fused-ring (bicyclic) bond motifs is 1. The van der Waals surface area contributed by atoms with Crippen molar-refractivity contribution >= 4 is 26.5 Å². The number of sulfone groups is 1. The highest BCUT2D eigenvalue weighted by Crippen LogP contribution is 2.57. The maximum Gasteiger partial charge on any atom is 0.192 e. The topological polar surface area (TPSA) is 72.8 Å². The second-order valence-electron chi connectivity index (χ2n) is 17.1. The van der Waals surface area contributed by atoms with Crippen molar-refractivity contribution in [2.24, 2.45) is 17.3 Å². The Labute approximate surface area is 259 Å². The lowest BCUT2D eigenvalue weighted by atomic mass is 9.62. The van der Waals surface area contributed by atoms with Crippen LogP contribution in [0.2, 0.25) is 36.3 Å². The van der Waals surface area contributed by atoms with Crippen LogP contribution in [-0.4, -0.2) is 60.0 Å². The summed E-state index contributed by atoms with van der Waals surface area (Å²) in [5.41, 5.74) is 4.74. The number of aliphatic hydroxyl groups is 1. The monoisotopic (exact) mass is 636 g/mol. The fourth-order valence-electron chi connectivity index (χ4n) is 7.50. The molecule has 0 aromatic carbocycles. The van der Waals surface area contributed by atoms with E-state index < -0.39 is 31.7 Å². The van der Waals surface area contributed by atoms with E-state index in [2.05, 4.69) is 93.7 Å². The Kier molecular flexibility index (Phi) is 9.31. The van der Waals surface area contributed by atoms with Crippen molar-refractivity contribution in [1.82, 2.24) is 0 Å². The van der Waals surface area contributed by atoms with Gasteiger partial charge in [0.1, 0.15) is 5.25 Å². The van der Waals surface area contributed by atoms with E-state index in [1.165, 1.54) is 11.1 Å². The third-order valence-corrected chi connectivity index (χ3v) is 23.0. The third kappa shape index (κ3) is 6.28. The molecule has 8 heteroatoms. The van der Waals surface area contributed by atoms with Gasteiger partial charge in [-0.15, -0.1) is 0 Å². The van der Waals surface area contributed by atoms with Crippen LogP contribution in [0.1, 0.15) is 93.9 Å². The fourth-order valence-corrected chi connectivity index (χ4v) is 12.2. The van der Waals surface area contributed by atoms with Gasteiger partial charge in [-0.05, 0) is 90.8 Å². The molecule has 6 atom stereocenters. The first-order valence-electron chi connectivity index (χ1n) is 16.3. The van der Waals surface area contributed by atoms with Gasteiger partial charge in [0.15, 0.2) is 26.5 Å². The Morgan fingerprint density at radius 1 is 1.05 bits per heavy atom. The molecule has 0 radical (unpaired) electrons. The Balaban J connectivity index is 1.74. The predicted molar refractivity (Wildman–Crippen MR) is 180 cm³/mol. The summed E-state index contributed by atoms with van der Waals surface area (Å²) in [5.74, 6) is 0.566. The molecule has 0 bridgehead atoms. The van der Waals surface area contributed by atoms with Crippen molar-refractivity contribution in [2.75, 3.05) is 12.4 Å². The number of rotatable bonds is 7. The third-order valence-electron chi connectivity index (χ3n) is 12.1. The highest BCUT2D eigenvalue weighted by molar-refractivity contribution is 7.92. The zero-order valence-electron chi connectivity index (χ0n) is 28.7. The lowest BCUT2D eigenvalue weighted by Crippen LogP contribution is -2.49. The molecule has 0 aromatic heterocycles. The molecule has 4 rings (SSSR count). The van der Waals surface area contributed by atoms with E-state index in [4.69, 9.17) is 8.85 Å². The van der Waals surface area contributed by atoms with Crippen molar-refractivity contribution in [3.05, 3.63) is 34.4 Å². The summed E-state index contributed by atoms with van der Waals surface area (Å²) < 4.78 is 42.2. The van der Waals surface area contributed by atoms with Crippen LogP contribution in [0, 0.1) is 17.3 Å². The molecule has 4 aliphatic rings. The van der Waals surface area contributed by atoms with E-state index in [-0.39, 0.29) is 46.0 Å². The molecule has 5 nitrogen and oxygen atoms in total. The van der Waals surface area contributed by atoms with Crippen LogP contribution in [0.3, 0.4) is 0 Å².